The normalized spacial score (nSPS) is 18.5. The highest BCUT2D eigenvalue weighted by molar-refractivity contribution is 5.41. The lowest BCUT2D eigenvalue weighted by atomic mass is 10.0. The van der Waals surface area contributed by atoms with Gasteiger partial charge in [-0.3, -0.25) is 5.43 Å². The van der Waals surface area contributed by atoms with Gasteiger partial charge in [-0.05, 0) is 24.8 Å². The highest BCUT2D eigenvalue weighted by Gasteiger charge is 2.29. The Kier molecular flexibility index (Phi) is 3.70. The zero-order valence-electron chi connectivity index (χ0n) is 12.3. The summed E-state index contributed by atoms with van der Waals surface area (Å²) in [5, 5.41) is 4.16. The fourth-order valence-corrected chi connectivity index (χ4v) is 2.77. The first kappa shape index (κ1) is 13.7. The number of hydrogen-bond acceptors (Lipinski definition) is 7. The average Bonchev–Trinajstić information content (AvgIpc) is 3.17. The van der Waals surface area contributed by atoms with Crippen LogP contribution in [0.25, 0.3) is 5.95 Å². The molecule has 0 bridgehead atoms. The summed E-state index contributed by atoms with van der Waals surface area (Å²) in [5.41, 5.74) is 2.51. The molecule has 3 rings (SSSR count). The van der Waals surface area contributed by atoms with E-state index < -0.39 is 0 Å². The number of nitrogens with one attached hydrogen (secondary N) is 1. The zero-order chi connectivity index (χ0) is 14.8. The van der Waals surface area contributed by atoms with E-state index in [0.29, 0.717) is 29.8 Å². The second-order valence-electron chi connectivity index (χ2n) is 5.50. The highest BCUT2D eigenvalue weighted by Crippen LogP contribution is 2.28. The van der Waals surface area contributed by atoms with Crippen LogP contribution in [0.15, 0.2) is 18.5 Å². The second-order valence-corrected chi connectivity index (χ2v) is 5.50. The SMILES string of the molecule is CC(C)C1CCCN1c1nc(NN)nc(-n2cccn2)n1. The van der Waals surface area contributed by atoms with Gasteiger partial charge in [-0.25, -0.2) is 10.5 Å². The quantitative estimate of drug-likeness (QED) is 0.639. The van der Waals surface area contributed by atoms with E-state index in [2.05, 4.69) is 44.2 Å². The minimum Gasteiger partial charge on any atom is -0.337 e. The molecule has 112 valence electrons. The van der Waals surface area contributed by atoms with E-state index in [1.165, 1.54) is 0 Å². The van der Waals surface area contributed by atoms with Crippen LogP contribution >= 0.6 is 0 Å². The van der Waals surface area contributed by atoms with Crippen molar-refractivity contribution in [2.75, 3.05) is 16.9 Å². The van der Waals surface area contributed by atoms with E-state index in [0.717, 1.165) is 19.4 Å². The molecule has 0 aromatic carbocycles. The fraction of sp³-hybridized carbons (Fsp3) is 0.538. The van der Waals surface area contributed by atoms with Gasteiger partial charge in [0.25, 0.3) is 5.95 Å². The number of aromatic nitrogens is 5. The van der Waals surface area contributed by atoms with E-state index in [4.69, 9.17) is 5.84 Å². The maximum absolute atomic E-state index is 5.48. The first-order chi connectivity index (χ1) is 10.2. The third-order valence-electron chi connectivity index (χ3n) is 3.78. The molecule has 1 atom stereocenters. The maximum atomic E-state index is 5.48. The molecule has 1 aliphatic rings. The van der Waals surface area contributed by atoms with Crippen molar-refractivity contribution in [1.29, 1.82) is 0 Å². The van der Waals surface area contributed by atoms with Crippen LogP contribution in [-0.4, -0.2) is 37.3 Å². The van der Waals surface area contributed by atoms with Gasteiger partial charge in [-0.15, -0.1) is 0 Å². The molecule has 1 aliphatic heterocycles. The number of nitrogens with zero attached hydrogens (tertiary/aromatic N) is 6. The summed E-state index contributed by atoms with van der Waals surface area (Å²) in [6.07, 6.45) is 5.79. The van der Waals surface area contributed by atoms with Crippen LogP contribution < -0.4 is 16.2 Å². The molecule has 0 spiro atoms. The lowest BCUT2D eigenvalue weighted by molar-refractivity contribution is 0.486. The largest absolute Gasteiger partial charge is 0.337 e. The first-order valence-corrected chi connectivity index (χ1v) is 7.18. The number of nitrogens with two attached hydrogens (primary N) is 1. The molecule has 21 heavy (non-hydrogen) atoms. The van der Waals surface area contributed by atoms with Gasteiger partial charge in [-0.2, -0.15) is 20.1 Å². The fourth-order valence-electron chi connectivity index (χ4n) is 2.77. The lowest BCUT2D eigenvalue weighted by Crippen LogP contribution is -2.35. The molecule has 0 aliphatic carbocycles. The number of nitrogen functional groups attached to an aromatic ring is 1. The van der Waals surface area contributed by atoms with Gasteiger partial charge >= 0.3 is 0 Å². The summed E-state index contributed by atoms with van der Waals surface area (Å²) in [7, 11) is 0. The van der Waals surface area contributed by atoms with Gasteiger partial charge in [-0.1, -0.05) is 13.8 Å². The standard InChI is InChI=1S/C13H20N8/c1-9(2)10-5-3-7-20(10)12-16-11(19-14)17-13(18-12)21-8-4-6-15-21/h4,6,8-10H,3,5,7,14H2,1-2H3,(H,16,17,18,19). The zero-order valence-corrected chi connectivity index (χ0v) is 12.3. The van der Waals surface area contributed by atoms with Crippen molar-refractivity contribution in [3.8, 4) is 5.95 Å². The molecule has 8 nitrogen and oxygen atoms in total. The van der Waals surface area contributed by atoms with Crippen LogP contribution in [0.1, 0.15) is 26.7 Å². The Bertz CT molecular complexity index is 594. The van der Waals surface area contributed by atoms with Gasteiger partial charge < -0.3 is 4.90 Å². The molecular weight excluding hydrogens is 268 g/mol. The molecular formula is C13H20N8. The van der Waals surface area contributed by atoms with Crippen molar-refractivity contribution in [3.63, 3.8) is 0 Å². The molecule has 1 saturated heterocycles. The van der Waals surface area contributed by atoms with E-state index in [9.17, 15) is 0 Å². The van der Waals surface area contributed by atoms with Gasteiger partial charge in [0, 0.05) is 25.0 Å². The third kappa shape index (κ3) is 2.66. The number of hydrazine groups is 1. The summed E-state index contributed by atoms with van der Waals surface area (Å²) in [5.74, 6) is 7.50. The van der Waals surface area contributed by atoms with Crippen LogP contribution in [0, 0.1) is 5.92 Å². The van der Waals surface area contributed by atoms with E-state index in [1.54, 1.807) is 17.1 Å². The van der Waals surface area contributed by atoms with Crippen molar-refractivity contribution in [2.24, 2.45) is 11.8 Å². The van der Waals surface area contributed by atoms with Crippen LogP contribution in [0.4, 0.5) is 11.9 Å². The highest BCUT2D eigenvalue weighted by atomic mass is 15.4. The molecule has 2 aromatic heterocycles. The summed E-state index contributed by atoms with van der Waals surface area (Å²) in [4.78, 5) is 15.4. The van der Waals surface area contributed by atoms with Gasteiger partial charge in [0.05, 0.1) is 0 Å². The molecule has 3 N–H and O–H groups in total. The van der Waals surface area contributed by atoms with Gasteiger partial charge in [0.1, 0.15) is 0 Å². The Morgan fingerprint density at radius 3 is 2.76 bits per heavy atom. The summed E-state index contributed by atoms with van der Waals surface area (Å²) >= 11 is 0. The van der Waals surface area contributed by atoms with Crippen molar-refractivity contribution in [1.82, 2.24) is 24.7 Å². The van der Waals surface area contributed by atoms with Crippen LogP contribution in [0.2, 0.25) is 0 Å². The molecule has 0 amide bonds. The minimum absolute atomic E-state index is 0.347. The molecule has 2 aromatic rings. The molecule has 8 heteroatoms. The molecule has 0 radical (unpaired) electrons. The Morgan fingerprint density at radius 2 is 2.10 bits per heavy atom. The second kappa shape index (κ2) is 5.65. The van der Waals surface area contributed by atoms with E-state index in [1.807, 2.05) is 6.07 Å². The Hall–Kier alpha value is -2.22. The van der Waals surface area contributed by atoms with Crippen LogP contribution in [0.5, 0.6) is 0 Å². The molecule has 1 unspecified atom stereocenters. The lowest BCUT2D eigenvalue weighted by Gasteiger charge is -2.27. The topological polar surface area (TPSA) is 97.8 Å². The monoisotopic (exact) mass is 288 g/mol. The summed E-state index contributed by atoms with van der Waals surface area (Å²) in [6.45, 7) is 5.40. The number of hydrogen-bond donors (Lipinski definition) is 2. The number of rotatable bonds is 4. The van der Waals surface area contributed by atoms with Gasteiger partial charge in [0.15, 0.2) is 0 Å². The Morgan fingerprint density at radius 1 is 1.29 bits per heavy atom. The maximum Gasteiger partial charge on any atom is 0.257 e. The van der Waals surface area contributed by atoms with E-state index in [-0.39, 0.29) is 0 Å². The van der Waals surface area contributed by atoms with Crippen LogP contribution in [0.3, 0.4) is 0 Å². The van der Waals surface area contributed by atoms with E-state index >= 15 is 0 Å². The number of anilines is 2. The van der Waals surface area contributed by atoms with Crippen molar-refractivity contribution in [3.05, 3.63) is 18.5 Å². The van der Waals surface area contributed by atoms with Gasteiger partial charge in [0.2, 0.25) is 11.9 Å². The predicted molar refractivity (Wildman–Crippen MR) is 80.0 cm³/mol. The molecule has 1 fully saturated rings. The first-order valence-electron chi connectivity index (χ1n) is 7.18. The minimum atomic E-state index is 0.347. The summed E-state index contributed by atoms with van der Waals surface area (Å²) in [6, 6.07) is 2.27. The van der Waals surface area contributed by atoms with Crippen molar-refractivity contribution >= 4 is 11.9 Å². The third-order valence-corrected chi connectivity index (χ3v) is 3.78. The molecule has 0 saturated carbocycles. The molecule has 3 heterocycles. The predicted octanol–water partition coefficient (Wildman–Crippen LogP) is 0.968. The Balaban J connectivity index is 2.00. The van der Waals surface area contributed by atoms with Crippen molar-refractivity contribution < 1.29 is 0 Å². The Labute approximate surface area is 123 Å². The summed E-state index contributed by atoms with van der Waals surface area (Å²) < 4.78 is 1.60. The van der Waals surface area contributed by atoms with Crippen molar-refractivity contribution in [2.45, 2.75) is 32.7 Å². The van der Waals surface area contributed by atoms with Crippen LogP contribution in [-0.2, 0) is 0 Å². The average molecular weight is 288 g/mol. The smallest absolute Gasteiger partial charge is 0.257 e.